The van der Waals surface area contributed by atoms with Crippen LogP contribution in [0.4, 0.5) is 0 Å². The third-order valence-electron chi connectivity index (χ3n) is 6.05. The number of piperidine rings is 1. The van der Waals surface area contributed by atoms with Gasteiger partial charge in [-0.25, -0.2) is 4.98 Å². The van der Waals surface area contributed by atoms with Crippen molar-refractivity contribution < 1.29 is 4.79 Å². The molecule has 0 aromatic carbocycles. The van der Waals surface area contributed by atoms with E-state index in [0.717, 1.165) is 76.5 Å². The highest BCUT2D eigenvalue weighted by atomic mass is 16.2. The highest BCUT2D eigenvalue weighted by molar-refractivity contribution is 5.81. The fourth-order valence-electron chi connectivity index (χ4n) is 4.44. The Bertz CT molecular complexity index is 797. The van der Waals surface area contributed by atoms with E-state index in [0.29, 0.717) is 17.7 Å². The van der Waals surface area contributed by atoms with Crippen LogP contribution < -0.4 is 5.32 Å². The molecule has 1 saturated carbocycles. The van der Waals surface area contributed by atoms with Crippen molar-refractivity contribution in [2.75, 3.05) is 19.6 Å². The van der Waals surface area contributed by atoms with Gasteiger partial charge in [0.2, 0.25) is 5.91 Å². The summed E-state index contributed by atoms with van der Waals surface area (Å²) in [5.41, 5.74) is 2.19. The summed E-state index contributed by atoms with van der Waals surface area (Å²) >= 11 is 0. The number of nitrogens with zero attached hydrogens (tertiary/aromatic N) is 5. The summed E-state index contributed by atoms with van der Waals surface area (Å²) in [5.74, 6) is 2.15. The molecule has 1 amide bonds. The molecule has 5 rings (SSSR count). The van der Waals surface area contributed by atoms with Crippen LogP contribution in [-0.4, -0.2) is 49.8 Å². The Morgan fingerprint density at radius 1 is 1.22 bits per heavy atom. The number of aryl methyl sites for hydroxylation is 1. The Labute approximate surface area is 159 Å². The number of aromatic nitrogens is 4. The monoisotopic (exact) mass is 368 g/mol. The van der Waals surface area contributed by atoms with Gasteiger partial charge < -0.3 is 14.8 Å². The molecule has 2 aliphatic heterocycles. The quantitative estimate of drug-likeness (QED) is 0.895. The van der Waals surface area contributed by atoms with E-state index in [2.05, 4.69) is 36.7 Å². The Kier molecular flexibility index (Phi) is 4.47. The number of imidazole rings is 1. The first kappa shape index (κ1) is 17.0. The highest BCUT2D eigenvalue weighted by Crippen LogP contribution is 2.33. The third kappa shape index (κ3) is 3.52. The number of carbonyl (C=O) groups excluding carboxylic acids is 1. The van der Waals surface area contributed by atoms with Gasteiger partial charge in [0.05, 0.1) is 5.69 Å². The molecule has 0 bridgehead atoms. The van der Waals surface area contributed by atoms with Gasteiger partial charge in [-0.3, -0.25) is 9.48 Å². The Balaban J connectivity index is 1.31. The average Bonchev–Trinajstić information content (AvgIpc) is 3.38. The van der Waals surface area contributed by atoms with Crippen molar-refractivity contribution in [3.63, 3.8) is 0 Å². The Hall–Kier alpha value is -2.15. The second-order valence-corrected chi connectivity index (χ2v) is 8.24. The summed E-state index contributed by atoms with van der Waals surface area (Å²) in [6.45, 7) is 5.60. The molecule has 1 aliphatic carbocycles. The van der Waals surface area contributed by atoms with Crippen LogP contribution in [0.3, 0.4) is 0 Å². The standard InChI is InChI=1S/C20H28N6O/c27-20(16-4-5-16)25-8-1-3-15(14-25)13-24-10-7-22-19(24)18-11-17-12-21-6-2-9-26(17)23-18/h7,10-11,15-16,21H,1-6,8-9,12-14H2/t15-/m1/s1. The van der Waals surface area contributed by atoms with Crippen molar-refractivity contribution in [2.45, 2.75) is 51.7 Å². The highest BCUT2D eigenvalue weighted by Gasteiger charge is 2.35. The van der Waals surface area contributed by atoms with Crippen molar-refractivity contribution >= 4 is 5.91 Å². The minimum atomic E-state index is 0.321. The minimum Gasteiger partial charge on any atom is -0.342 e. The van der Waals surface area contributed by atoms with Crippen LogP contribution in [0.25, 0.3) is 11.5 Å². The fourth-order valence-corrected chi connectivity index (χ4v) is 4.44. The maximum atomic E-state index is 12.4. The van der Waals surface area contributed by atoms with Crippen LogP contribution in [0.15, 0.2) is 18.5 Å². The molecule has 144 valence electrons. The first-order valence-corrected chi connectivity index (χ1v) is 10.4. The molecule has 0 radical (unpaired) electrons. The van der Waals surface area contributed by atoms with E-state index < -0.39 is 0 Å². The summed E-state index contributed by atoms with van der Waals surface area (Å²) in [4.78, 5) is 19.1. The number of carbonyl (C=O) groups is 1. The number of amides is 1. The lowest BCUT2D eigenvalue weighted by molar-refractivity contribution is -0.134. The van der Waals surface area contributed by atoms with Gasteiger partial charge in [0.25, 0.3) is 0 Å². The van der Waals surface area contributed by atoms with Crippen molar-refractivity contribution in [2.24, 2.45) is 11.8 Å². The van der Waals surface area contributed by atoms with Crippen molar-refractivity contribution in [1.29, 1.82) is 0 Å². The van der Waals surface area contributed by atoms with Gasteiger partial charge in [0.15, 0.2) is 5.82 Å². The molecule has 7 nitrogen and oxygen atoms in total. The van der Waals surface area contributed by atoms with Crippen LogP contribution in [-0.2, 0) is 24.4 Å². The van der Waals surface area contributed by atoms with Gasteiger partial charge in [-0.2, -0.15) is 5.10 Å². The number of hydrogen-bond acceptors (Lipinski definition) is 4. The summed E-state index contributed by atoms with van der Waals surface area (Å²) < 4.78 is 4.34. The van der Waals surface area contributed by atoms with Gasteiger partial charge in [0, 0.05) is 51.0 Å². The number of hydrogen-bond donors (Lipinski definition) is 1. The van der Waals surface area contributed by atoms with E-state index in [1.54, 1.807) is 0 Å². The zero-order valence-electron chi connectivity index (χ0n) is 15.8. The molecular formula is C20H28N6O. The fraction of sp³-hybridized carbons (Fsp3) is 0.650. The molecule has 4 heterocycles. The first-order chi connectivity index (χ1) is 13.3. The maximum Gasteiger partial charge on any atom is 0.225 e. The van der Waals surface area contributed by atoms with E-state index in [9.17, 15) is 4.79 Å². The largest absolute Gasteiger partial charge is 0.342 e. The maximum absolute atomic E-state index is 12.4. The number of likely N-dealkylation sites (tertiary alicyclic amines) is 1. The molecule has 1 saturated heterocycles. The number of fused-ring (bicyclic) bond motifs is 1. The Morgan fingerprint density at radius 3 is 3.04 bits per heavy atom. The SMILES string of the molecule is O=C(C1CC1)N1CCC[C@H](Cn2ccnc2-c2cc3n(n2)CCCNC3)C1. The molecule has 2 aromatic heterocycles. The first-order valence-electron chi connectivity index (χ1n) is 10.4. The minimum absolute atomic E-state index is 0.321. The lowest BCUT2D eigenvalue weighted by Gasteiger charge is -2.33. The molecule has 1 atom stereocenters. The summed E-state index contributed by atoms with van der Waals surface area (Å²) in [5, 5.41) is 8.26. The molecule has 7 heteroatoms. The molecule has 2 aromatic rings. The molecule has 0 spiro atoms. The van der Waals surface area contributed by atoms with Crippen LogP contribution in [0.5, 0.6) is 0 Å². The smallest absolute Gasteiger partial charge is 0.225 e. The molecule has 1 N–H and O–H groups in total. The molecule has 2 fully saturated rings. The van der Waals surface area contributed by atoms with Crippen LogP contribution in [0, 0.1) is 11.8 Å². The molecule has 0 unspecified atom stereocenters. The van der Waals surface area contributed by atoms with E-state index >= 15 is 0 Å². The Morgan fingerprint density at radius 2 is 2.15 bits per heavy atom. The zero-order chi connectivity index (χ0) is 18.2. The van der Waals surface area contributed by atoms with Gasteiger partial charge in [-0.05, 0) is 50.6 Å². The van der Waals surface area contributed by atoms with E-state index in [1.165, 1.54) is 12.1 Å². The lowest BCUT2D eigenvalue weighted by Crippen LogP contribution is -2.41. The average molecular weight is 368 g/mol. The second kappa shape index (κ2) is 7.11. The normalized spacial score (nSPS) is 23.1. The van der Waals surface area contributed by atoms with Crippen molar-refractivity contribution in [3.05, 3.63) is 24.2 Å². The summed E-state index contributed by atoms with van der Waals surface area (Å²) in [6, 6.07) is 2.17. The molecule has 27 heavy (non-hydrogen) atoms. The zero-order valence-corrected chi connectivity index (χ0v) is 15.8. The van der Waals surface area contributed by atoms with E-state index in [1.807, 2.05) is 6.20 Å². The van der Waals surface area contributed by atoms with Gasteiger partial charge >= 0.3 is 0 Å². The lowest BCUT2D eigenvalue weighted by atomic mass is 9.97. The summed E-state index contributed by atoms with van der Waals surface area (Å²) in [7, 11) is 0. The van der Waals surface area contributed by atoms with Crippen LogP contribution in [0.1, 0.15) is 37.8 Å². The van der Waals surface area contributed by atoms with Crippen molar-refractivity contribution in [3.8, 4) is 11.5 Å². The molecule has 3 aliphatic rings. The van der Waals surface area contributed by atoms with Crippen LogP contribution in [0.2, 0.25) is 0 Å². The number of nitrogens with one attached hydrogen (secondary N) is 1. The van der Waals surface area contributed by atoms with Crippen molar-refractivity contribution in [1.82, 2.24) is 29.5 Å². The summed E-state index contributed by atoms with van der Waals surface area (Å²) in [6.07, 6.45) is 9.49. The third-order valence-corrected chi connectivity index (χ3v) is 6.05. The van der Waals surface area contributed by atoms with Crippen LogP contribution >= 0.6 is 0 Å². The van der Waals surface area contributed by atoms with E-state index in [-0.39, 0.29) is 0 Å². The topological polar surface area (TPSA) is 68.0 Å². The predicted molar refractivity (Wildman–Crippen MR) is 102 cm³/mol. The number of rotatable bonds is 4. The van der Waals surface area contributed by atoms with Gasteiger partial charge in [-0.15, -0.1) is 0 Å². The second-order valence-electron chi connectivity index (χ2n) is 8.24. The van der Waals surface area contributed by atoms with Gasteiger partial charge in [0.1, 0.15) is 5.69 Å². The van der Waals surface area contributed by atoms with Gasteiger partial charge in [-0.1, -0.05) is 0 Å². The molecular weight excluding hydrogens is 340 g/mol. The van der Waals surface area contributed by atoms with E-state index in [4.69, 9.17) is 5.10 Å². The predicted octanol–water partition coefficient (Wildman–Crippen LogP) is 1.89.